The highest BCUT2D eigenvalue weighted by molar-refractivity contribution is 7.89. The topological polar surface area (TPSA) is 94.2 Å². The molecule has 9 heteroatoms. The molecule has 0 saturated carbocycles. The van der Waals surface area contributed by atoms with Crippen molar-refractivity contribution in [2.45, 2.75) is 37.5 Å². The minimum absolute atomic E-state index is 0.328. The van der Waals surface area contributed by atoms with E-state index in [1.165, 1.54) is 0 Å². The maximum Gasteiger partial charge on any atom is 0.243 e. The second-order valence-corrected chi connectivity index (χ2v) is 9.89. The Bertz CT molecular complexity index is 1130. The van der Waals surface area contributed by atoms with Crippen molar-refractivity contribution in [3.05, 3.63) is 36.0 Å². The average molecular weight is 429 g/mol. The fourth-order valence-electron chi connectivity index (χ4n) is 3.70. The number of fused-ring (bicyclic) bond motifs is 1. The summed E-state index contributed by atoms with van der Waals surface area (Å²) in [5, 5.41) is 4.21. The fraction of sp³-hybridized carbons (Fsp3) is 0.429. The first-order chi connectivity index (χ1) is 14.3. The molecule has 2 N–H and O–H groups in total. The van der Waals surface area contributed by atoms with Crippen LogP contribution in [-0.4, -0.2) is 54.9 Å². The van der Waals surface area contributed by atoms with Crippen molar-refractivity contribution in [1.29, 1.82) is 0 Å². The lowest BCUT2D eigenvalue weighted by molar-refractivity contribution is 0.424. The molecule has 0 aliphatic carbocycles. The van der Waals surface area contributed by atoms with E-state index in [9.17, 15) is 8.42 Å². The van der Waals surface area contributed by atoms with Gasteiger partial charge in [-0.15, -0.1) is 0 Å². The summed E-state index contributed by atoms with van der Waals surface area (Å²) in [4.78, 5) is 14.6. The molecule has 0 atom stereocenters. The van der Waals surface area contributed by atoms with Crippen LogP contribution in [0.5, 0.6) is 0 Å². The van der Waals surface area contributed by atoms with Gasteiger partial charge in [-0.3, -0.25) is 0 Å². The third-order valence-corrected chi connectivity index (χ3v) is 7.24. The summed E-state index contributed by atoms with van der Waals surface area (Å²) in [5.41, 5.74) is 2.53. The monoisotopic (exact) mass is 428 g/mol. The number of H-pyrrole nitrogens is 1. The number of anilines is 3. The Labute approximate surface area is 177 Å². The van der Waals surface area contributed by atoms with Crippen molar-refractivity contribution in [3.8, 4) is 0 Å². The number of rotatable bonds is 5. The standard InChI is InChI=1S/C21H28N6O2S/c1-15-14-18-19(22-15)24-21(26(2)3)25-20(18)23-16-8-10-17(11-9-16)30(28,29)27-12-6-4-5-7-13-27/h8-11,14H,4-7,12-13H2,1-3H3,(H2,22,23,24,25). The van der Waals surface area contributed by atoms with Gasteiger partial charge in [0.25, 0.3) is 0 Å². The van der Waals surface area contributed by atoms with Crippen LogP contribution < -0.4 is 10.2 Å². The summed E-state index contributed by atoms with van der Waals surface area (Å²) >= 11 is 0. The highest BCUT2D eigenvalue weighted by Gasteiger charge is 2.25. The van der Waals surface area contributed by atoms with Gasteiger partial charge >= 0.3 is 0 Å². The maximum atomic E-state index is 13.0. The molecule has 2 aromatic heterocycles. The van der Waals surface area contributed by atoms with Crippen LogP contribution in [0.3, 0.4) is 0 Å². The molecule has 30 heavy (non-hydrogen) atoms. The molecule has 3 heterocycles. The number of hydrogen-bond acceptors (Lipinski definition) is 6. The lowest BCUT2D eigenvalue weighted by Crippen LogP contribution is -2.31. The van der Waals surface area contributed by atoms with Crippen LogP contribution in [0.2, 0.25) is 0 Å². The highest BCUT2D eigenvalue weighted by Crippen LogP contribution is 2.28. The third kappa shape index (κ3) is 4.13. The Kier molecular flexibility index (Phi) is 5.66. The van der Waals surface area contributed by atoms with Crippen molar-refractivity contribution in [2.24, 2.45) is 0 Å². The molecule has 1 aliphatic rings. The van der Waals surface area contributed by atoms with Gasteiger partial charge in [0.2, 0.25) is 16.0 Å². The van der Waals surface area contributed by atoms with E-state index >= 15 is 0 Å². The van der Waals surface area contributed by atoms with Crippen molar-refractivity contribution in [3.63, 3.8) is 0 Å². The summed E-state index contributed by atoms with van der Waals surface area (Å²) < 4.78 is 27.6. The van der Waals surface area contributed by atoms with Gasteiger partial charge < -0.3 is 15.2 Å². The zero-order valence-electron chi connectivity index (χ0n) is 17.6. The number of benzene rings is 1. The Morgan fingerprint density at radius 2 is 1.70 bits per heavy atom. The van der Waals surface area contributed by atoms with Crippen LogP contribution in [0.4, 0.5) is 17.5 Å². The summed E-state index contributed by atoms with van der Waals surface area (Å²) in [5.74, 6) is 1.27. The van der Waals surface area contributed by atoms with Crippen LogP contribution in [-0.2, 0) is 10.0 Å². The zero-order valence-corrected chi connectivity index (χ0v) is 18.5. The second kappa shape index (κ2) is 8.23. The molecule has 0 unspecified atom stereocenters. The Hall–Kier alpha value is -2.65. The molecule has 0 bridgehead atoms. The number of nitrogens with one attached hydrogen (secondary N) is 2. The van der Waals surface area contributed by atoms with Crippen molar-refractivity contribution in [2.75, 3.05) is 37.4 Å². The summed E-state index contributed by atoms with van der Waals surface area (Å²) in [6.07, 6.45) is 4.03. The van der Waals surface area contributed by atoms with E-state index < -0.39 is 10.0 Å². The van der Waals surface area contributed by atoms with E-state index in [1.807, 2.05) is 32.0 Å². The average Bonchev–Trinajstić information content (AvgIpc) is 2.91. The Morgan fingerprint density at radius 3 is 2.33 bits per heavy atom. The van der Waals surface area contributed by atoms with E-state index in [0.29, 0.717) is 29.8 Å². The molecule has 1 aromatic carbocycles. The van der Waals surface area contributed by atoms with Crippen molar-refractivity contribution in [1.82, 2.24) is 19.3 Å². The fourth-order valence-corrected chi connectivity index (χ4v) is 5.22. The largest absolute Gasteiger partial charge is 0.347 e. The predicted octanol–water partition coefficient (Wildman–Crippen LogP) is 3.64. The van der Waals surface area contributed by atoms with E-state index in [4.69, 9.17) is 0 Å². The lowest BCUT2D eigenvalue weighted by atomic mass is 10.2. The number of aromatic nitrogens is 3. The number of aryl methyl sites for hydroxylation is 1. The second-order valence-electron chi connectivity index (χ2n) is 7.95. The Balaban J connectivity index is 1.61. The van der Waals surface area contributed by atoms with Gasteiger partial charge in [0.15, 0.2) is 0 Å². The molecule has 0 radical (unpaired) electrons. The Morgan fingerprint density at radius 1 is 1.03 bits per heavy atom. The summed E-state index contributed by atoms with van der Waals surface area (Å²) in [7, 11) is 0.328. The van der Waals surface area contributed by atoms with Crippen LogP contribution in [0.15, 0.2) is 35.2 Å². The first-order valence-electron chi connectivity index (χ1n) is 10.3. The molecular weight excluding hydrogens is 400 g/mol. The molecule has 1 aliphatic heterocycles. The highest BCUT2D eigenvalue weighted by atomic mass is 32.2. The van der Waals surface area contributed by atoms with Gasteiger partial charge in [0.1, 0.15) is 11.5 Å². The van der Waals surface area contributed by atoms with Gasteiger partial charge in [-0.2, -0.15) is 14.3 Å². The van der Waals surface area contributed by atoms with Gasteiger partial charge in [-0.1, -0.05) is 12.8 Å². The number of nitrogens with zero attached hydrogens (tertiary/aromatic N) is 4. The van der Waals surface area contributed by atoms with Gasteiger partial charge in [-0.05, 0) is 50.1 Å². The molecule has 3 aromatic rings. The zero-order chi connectivity index (χ0) is 21.3. The van der Waals surface area contributed by atoms with E-state index in [-0.39, 0.29) is 0 Å². The molecule has 0 spiro atoms. The number of hydrogen-bond donors (Lipinski definition) is 2. The molecule has 160 valence electrons. The van der Waals surface area contributed by atoms with Crippen LogP contribution in [0, 0.1) is 6.92 Å². The third-order valence-electron chi connectivity index (χ3n) is 5.33. The molecule has 4 rings (SSSR count). The predicted molar refractivity (Wildman–Crippen MR) is 120 cm³/mol. The normalized spacial score (nSPS) is 15.8. The smallest absolute Gasteiger partial charge is 0.243 e. The minimum Gasteiger partial charge on any atom is -0.347 e. The maximum absolute atomic E-state index is 13.0. The van der Waals surface area contributed by atoms with Crippen LogP contribution in [0.25, 0.3) is 11.0 Å². The van der Waals surface area contributed by atoms with Crippen LogP contribution >= 0.6 is 0 Å². The molecule has 8 nitrogen and oxygen atoms in total. The first-order valence-corrected chi connectivity index (χ1v) is 11.7. The number of aromatic amines is 1. The van der Waals surface area contributed by atoms with Crippen LogP contribution in [0.1, 0.15) is 31.4 Å². The van der Waals surface area contributed by atoms with Crippen molar-refractivity contribution < 1.29 is 8.42 Å². The van der Waals surface area contributed by atoms with E-state index in [0.717, 1.165) is 48.1 Å². The van der Waals surface area contributed by atoms with Gasteiger partial charge in [0.05, 0.1) is 10.3 Å². The van der Waals surface area contributed by atoms with E-state index in [1.54, 1.807) is 28.6 Å². The minimum atomic E-state index is -3.46. The molecular formula is C21H28N6O2S. The van der Waals surface area contributed by atoms with Gasteiger partial charge in [0, 0.05) is 38.6 Å². The quantitative estimate of drug-likeness (QED) is 0.644. The SMILES string of the molecule is Cc1cc2c(Nc3ccc(S(=O)(=O)N4CCCCCC4)cc3)nc(N(C)C)nc2[nH]1. The first kappa shape index (κ1) is 20.6. The number of sulfonamides is 1. The van der Waals surface area contributed by atoms with E-state index in [2.05, 4.69) is 20.3 Å². The lowest BCUT2D eigenvalue weighted by Gasteiger charge is -2.20. The van der Waals surface area contributed by atoms with Gasteiger partial charge in [-0.25, -0.2) is 8.42 Å². The molecule has 1 fully saturated rings. The van der Waals surface area contributed by atoms with Crippen molar-refractivity contribution >= 4 is 38.5 Å². The molecule has 0 amide bonds. The summed E-state index contributed by atoms with van der Waals surface area (Å²) in [6.45, 7) is 3.17. The molecule has 1 saturated heterocycles. The summed E-state index contributed by atoms with van der Waals surface area (Å²) in [6, 6.07) is 8.89.